The average molecular weight is 235 g/mol. The van der Waals surface area contributed by atoms with E-state index in [-0.39, 0.29) is 11.5 Å². The fourth-order valence-corrected chi connectivity index (χ4v) is 1.10. The molecule has 3 nitrogen and oxygen atoms in total. The molecular formula is C14H21NO2. The third-order valence-corrected chi connectivity index (χ3v) is 2.17. The molecule has 0 aromatic heterocycles. The Morgan fingerprint density at radius 3 is 2.47 bits per heavy atom. The Morgan fingerprint density at radius 2 is 2.06 bits per heavy atom. The molecule has 0 saturated carbocycles. The van der Waals surface area contributed by atoms with Gasteiger partial charge in [0.05, 0.1) is 5.71 Å². The number of hydrogen-bond donors (Lipinski definition) is 0. The Labute approximate surface area is 104 Å². The van der Waals surface area contributed by atoms with E-state index in [1.54, 1.807) is 0 Å². The van der Waals surface area contributed by atoms with Crippen molar-refractivity contribution in [2.75, 3.05) is 0 Å². The normalized spacial score (nSPS) is 12.9. The third-order valence-electron chi connectivity index (χ3n) is 2.17. The zero-order valence-corrected chi connectivity index (χ0v) is 11.1. The monoisotopic (exact) mass is 235 g/mol. The number of allylic oxidation sites excluding steroid dienone is 5. The number of carbonyl (C=O) groups excluding carboxylic acids is 1. The summed E-state index contributed by atoms with van der Waals surface area (Å²) < 4.78 is 0. The molecule has 0 unspecified atom stereocenters. The van der Waals surface area contributed by atoms with Crippen LogP contribution >= 0.6 is 0 Å². The highest BCUT2D eigenvalue weighted by Gasteiger charge is 2.04. The maximum atomic E-state index is 10.9. The summed E-state index contributed by atoms with van der Waals surface area (Å²) >= 11 is 0. The van der Waals surface area contributed by atoms with Gasteiger partial charge in [0.15, 0.2) is 11.5 Å². The van der Waals surface area contributed by atoms with Crippen LogP contribution in [0, 0.1) is 0 Å². The molecule has 0 aromatic rings. The number of oxime groups is 1. The van der Waals surface area contributed by atoms with E-state index in [2.05, 4.69) is 24.7 Å². The first-order valence-corrected chi connectivity index (χ1v) is 5.83. The fourth-order valence-electron chi connectivity index (χ4n) is 1.10. The van der Waals surface area contributed by atoms with Crippen LogP contribution in [0.25, 0.3) is 0 Å². The Balaban J connectivity index is 4.81. The quantitative estimate of drug-likeness (QED) is 0.221. The van der Waals surface area contributed by atoms with Gasteiger partial charge in [-0.05, 0) is 31.9 Å². The van der Waals surface area contributed by atoms with Crippen molar-refractivity contribution in [2.24, 2.45) is 5.16 Å². The predicted octanol–water partition coefficient (Wildman–Crippen LogP) is 3.78. The number of nitrogens with zero attached hydrogens (tertiary/aromatic N) is 1. The lowest BCUT2D eigenvalue weighted by Gasteiger charge is -2.05. The van der Waals surface area contributed by atoms with Gasteiger partial charge in [0.1, 0.15) is 0 Å². The second-order valence-corrected chi connectivity index (χ2v) is 3.52. The SMILES string of the molecule is C=C(O/N=C(CC)/C(/C=C\CC)=C/C)C(C)=O. The molecule has 0 bridgehead atoms. The van der Waals surface area contributed by atoms with Crippen molar-refractivity contribution in [3.8, 4) is 0 Å². The molecule has 0 aliphatic carbocycles. The first-order chi connectivity index (χ1) is 8.06. The second-order valence-electron chi connectivity index (χ2n) is 3.52. The van der Waals surface area contributed by atoms with Crippen LogP contribution in [0.15, 0.2) is 41.3 Å². The van der Waals surface area contributed by atoms with Crippen LogP contribution in [0.2, 0.25) is 0 Å². The third kappa shape index (κ3) is 5.85. The minimum atomic E-state index is -0.213. The zero-order chi connectivity index (χ0) is 13.3. The summed E-state index contributed by atoms with van der Waals surface area (Å²) in [5, 5.41) is 3.96. The molecule has 0 atom stereocenters. The van der Waals surface area contributed by atoms with Crippen LogP contribution in [-0.2, 0) is 9.63 Å². The summed E-state index contributed by atoms with van der Waals surface area (Å²) in [6, 6.07) is 0. The van der Waals surface area contributed by atoms with Gasteiger partial charge in [-0.3, -0.25) is 4.79 Å². The van der Waals surface area contributed by atoms with E-state index in [1.165, 1.54) is 6.92 Å². The molecule has 0 aromatic carbocycles. The van der Waals surface area contributed by atoms with Gasteiger partial charge in [0, 0.05) is 6.92 Å². The van der Waals surface area contributed by atoms with Crippen molar-refractivity contribution in [1.29, 1.82) is 0 Å². The maximum Gasteiger partial charge on any atom is 0.197 e. The summed E-state index contributed by atoms with van der Waals surface area (Å²) in [4.78, 5) is 15.9. The van der Waals surface area contributed by atoms with Crippen LogP contribution < -0.4 is 0 Å². The van der Waals surface area contributed by atoms with Crippen molar-refractivity contribution in [2.45, 2.75) is 40.5 Å². The Bertz CT molecular complexity index is 362. The highest BCUT2D eigenvalue weighted by atomic mass is 16.6. The zero-order valence-electron chi connectivity index (χ0n) is 11.1. The van der Waals surface area contributed by atoms with Crippen molar-refractivity contribution < 1.29 is 9.63 Å². The van der Waals surface area contributed by atoms with E-state index >= 15 is 0 Å². The van der Waals surface area contributed by atoms with E-state index in [1.807, 2.05) is 26.0 Å². The first-order valence-electron chi connectivity index (χ1n) is 5.83. The van der Waals surface area contributed by atoms with Gasteiger partial charge in [-0.2, -0.15) is 0 Å². The number of rotatable bonds is 7. The van der Waals surface area contributed by atoms with Gasteiger partial charge in [0.25, 0.3) is 0 Å². The molecular weight excluding hydrogens is 214 g/mol. The second kappa shape index (κ2) is 8.50. The molecule has 0 saturated heterocycles. The van der Waals surface area contributed by atoms with Crippen LogP contribution in [0.4, 0.5) is 0 Å². The van der Waals surface area contributed by atoms with Crippen LogP contribution in [-0.4, -0.2) is 11.5 Å². The number of ketones is 1. The largest absolute Gasteiger partial charge is 0.354 e. The van der Waals surface area contributed by atoms with Gasteiger partial charge >= 0.3 is 0 Å². The number of carbonyl (C=O) groups is 1. The van der Waals surface area contributed by atoms with Gasteiger partial charge in [-0.1, -0.05) is 37.2 Å². The molecule has 0 spiro atoms. The van der Waals surface area contributed by atoms with Gasteiger partial charge in [-0.25, -0.2) is 0 Å². The number of hydrogen-bond acceptors (Lipinski definition) is 3. The van der Waals surface area contributed by atoms with E-state index in [9.17, 15) is 4.79 Å². The molecule has 0 heterocycles. The predicted molar refractivity (Wildman–Crippen MR) is 71.8 cm³/mol. The van der Waals surface area contributed by atoms with Gasteiger partial charge in [0.2, 0.25) is 0 Å². The van der Waals surface area contributed by atoms with E-state index in [0.29, 0.717) is 0 Å². The molecule has 0 radical (unpaired) electrons. The highest BCUT2D eigenvalue weighted by molar-refractivity contribution is 6.02. The van der Waals surface area contributed by atoms with Crippen molar-refractivity contribution in [1.82, 2.24) is 0 Å². The molecule has 0 N–H and O–H groups in total. The summed E-state index contributed by atoms with van der Waals surface area (Å²) in [5.41, 5.74) is 1.81. The van der Waals surface area contributed by atoms with Crippen LogP contribution in [0.5, 0.6) is 0 Å². The minimum absolute atomic E-state index is 0.0610. The molecule has 17 heavy (non-hydrogen) atoms. The molecule has 3 heteroatoms. The Hall–Kier alpha value is -1.64. The maximum absolute atomic E-state index is 10.9. The lowest BCUT2D eigenvalue weighted by molar-refractivity contribution is -0.116. The molecule has 0 aliphatic heterocycles. The summed E-state index contributed by atoms with van der Waals surface area (Å²) in [6.45, 7) is 10.9. The number of Topliss-reactive ketones (excluding diaryl/α,β-unsaturated/α-hetero) is 1. The van der Waals surface area contributed by atoms with Gasteiger partial charge in [-0.15, -0.1) is 0 Å². The van der Waals surface area contributed by atoms with Crippen molar-refractivity contribution in [3.63, 3.8) is 0 Å². The highest BCUT2D eigenvalue weighted by Crippen LogP contribution is 2.07. The van der Waals surface area contributed by atoms with Crippen LogP contribution in [0.1, 0.15) is 40.5 Å². The average Bonchev–Trinajstić information content (AvgIpc) is 2.32. The van der Waals surface area contributed by atoms with Crippen LogP contribution in [0.3, 0.4) is 0 Å². The fraction of sp³-hybridized carbons (Fsp3) is 0.429. The van der Waals surface area contributed by atoms with Crippen molar-refractivity contribution >= 4 is 11.5 Å². The Kier molecular flexibility index (Phi) is 7.68. The minimum Gasteiger partial charge on any atom is -0.354 e. The molecule has 0 fully saturated rings. The standard InChI is InChI=1S/C14H21NO2/c1-6-9-10-13(7-2)14(8-3)15-17-12(5)11(4)16/h7,9-10H,5-6,8H2,1-4H3/b10-9-,13-7+,15-14+. The van der Waals surface area contributed by atoms with E-state index < -0.39 is 0 Å². The van der Waals surface area contributed by atoms with E-state index in [0.717, 1.165) is 24.1 Å². The summed E-state index contributed by atoms with van der Waals surface area (Å²) in [6.07, 6.45) is 7.73. The van der Waals surface area contributed by atoms with Crippen molar-refractivity contribution in [3.05, 3.63) is 36.1 Å². The first kappa shape index (κ1) is 15.4. The lowest BCUT2D eigenvalue weighted by atomic mass is 10.1. The molecule has 94 valence electrons. The van der Waals surface area contributed by atoms with Gasteiger partial charge < -0.3 is 4.84 Å². The Morgan fingerprint density at radius 1 is 1.41 bits per heavy atom. The molecule has 0 aliphatic rings. The summed E-state index contributed by atoms with van der Waals surface area (Å²) in [7, 11) is 0. The smallest absolute Gasteiger partial charge is 0.197 e. The summed E-state index contributed by atoms with van der Waals surface area (Å²) in [5.74, 6) is -0.152. The lowest BCUT2D eigenvalue weighted by Crippen LogP contribution is -2.03. The molecule has 0 amide bonds. The van der Waals surface area contributed by atoms with E-state index in [4.69, 9.17) is 4.84 Å². The topological polar surface area (TPSA) is 38.7 Å². The molecule has 0 rings (SSSR count).